The quantitative estimate of drug-likeness (QED) is 0.814. The molecular weight excluding hydrogens is 336 g/mol. The maximum absolute atomic E-state index is 12.4. The average molecular weight is 362 g/mol. The summed E-state index contributed by atoms with van der Waals surface area (Å²) in [6.45, 7) is 4.28. The SMILES string of the molecule is O=C(CN1CCN(C(=O)CC2CSCCN2)CC1)Nc1ccccc1. The Kier molecular flexibility index (Phi) is 6.72. The zero-order valence-electron chi connectivity index (χ0n) is 14.4. The summed E-state index contributed by atoms with van der Waals surface area (Å²) >= 11 is 1.91. The van der Waals surface area contributed by atoms with Gasteiger partial charge in [0.2, 0.25) is 11.8 Å². The number of piperazine rings is 1. The first-order valence-electron chi connectivity index (χ1n) is 8.87. The molecule has 2 fully saturated rings. The summed E-state index contributed by atoms with van der Waals surface area (Å²) in [7, 11) is 0. The Morgan fingerprint density at radius 3 is 2.60 bits per heavy atom. The molecular formula is C18H26N4O2S. The lowest BCUT2D eigenvalue weighted by Gasteiger charge is -2.35. The van der Waals surface area contributed by atoms with E-state index < -0.39 is 0 Å². The zero-order chi connectivity index (χ0) is 17.5. The fraction of sp³-hybridized carbons (Fsp3) is 0.556. The summed E-state index contributed by atoms with van der Waals surface area (Å²) in [4.78, 5) is 28.6. The number of benzene rings is 1. The molecule has 1 aromatic rings. The van der Waals surface area contributed by atoms with Crippen LogP contribution >= 0.6 is 11.8 Å². The molecule has 0 aliphatic carbocycles. The minimum absolute atomic E-state index is 0.00518. The van der Waals surface area contributed by atoms with Crippen molar-refractivity contribution in [2.24, 2.45) is 0 Å². The van der Waals surface area contributed by atoms with Crippen molar-refractivity contribution in [2.75, 3.05) is 56.1 Å². The van der Waals surface area contributed by atoms with Crippen LogP contribution in [0.1, 0.15) is 6.42 Å². The molecule has 2 amide bonds. The van der Waals surface area contributed by atoms with E-state index in [-0.39, 0.29) is 11.8 Å². The van der Waals surface area contributed by atoms with Gasteiger partial charge in [0.15, 0.2) is 0 Å². The number of rotatable bonds is 5. The Balaban J connectivity index is 1.37. The van der Waals surface area contributed by atoms with Crippen LogP contribution in [0.25, 0.3) is 0 Å². The number of nitrogens with one attached hydrogen (secondary N) is 2. The summed E-state index contributed by atoms with van der Waals surface area (Å²) in [5.74, 6) is 2.38. The van der Waals surface area contributed by atoms with E-state index >= 15 is 0 Å². The molecule has 2 aliphatic heterocycles. The van der Waals surface area contributed by atoms with Crippen molar-refractivity contribution in [1.29, 1.82) is 0 Å². The normalized spacial score (nSPS) is 21.8. The Bertz CT molecular complexity index is 570. The molecule has 1 aromatic carbocycles. The maximum atomic E-state index is 12.4. The number of carbonyl (C=O) groups is 2. The van der Waals surface area contributed by atoms with Gasteiger partial charge in [-0.05, 0) is 12.1 Å². The molecule has 25 heavy (non-hydrogen) atoms. The molecule has 2 saturated heterocycles. The molecule has 0 saturated carbocycles. The van der Waals surface area contributed by atoms with Crippen molar-refractivity contribution in [3.05, 3.63) is 30.3 Å². The fourth-order valence-electron chi connectivity index (χ4n) is 3.17. The van der Waals surface area contributed by atoms with Gasteiger partial charge in [-0.15, -0.1) is 0 Å². The van der Waals surface area contributed by atoms with Gasteiger partial charge in [0.1, 0.15) is 0 Å². The molecule has 0 aromatic heterocycles. The molecule has 0 bridgehead atoms. The lowest BCUT2D eigenvalue weighted by molar-refractivity contribution is -0.133. The predicted octanol–water partition coefficient (Wildman–Crippen LogP) is 0.864. The van der Waals surface area contributed by atoms with Crippen LogP contribution in [0, 0.1) is 0 Å². The van der Waals surface area contributed by atoms with E-state index in [1.807, 2.05) is 47.0 Å². The number of anilines is 1. The van der Waals surface area contributed by atoms with E-state index in [4.69, 9.17) is 0 Å². The van der Waals surface area contributed by atoms with Crippen molar-refractivity contribution in [3.8, 4) is 0 Å². The number of para-hydroxylation sites is 1. The van der Waals surface area contributed by atoms with Gasteiger partial charge in [-0.2, -0.15) is 11.8 Å². The second kappa shape index (κ2) is 9.22. The Hall–Kier alpha value is -1.57. The van der Waals surface area contributed by atoms with Crippen LogP contribution in [0.2, 0.25) is 0 Å². The standard InChI is InChI=1S/C18H26N4O2S/c23-17(20-15-4-2-1-3-5-15)13-21-7-9-22(10-8-21)18(24)12-16-14-25-11-6-19-16/h1-5,16,19H,6-14H2,(H,20,23). The number of thioether (sulfide) groups is 1. The highest BCUT2D eigenvalue weighted by Gasteiger charge is 2.25. The third-order valence-corrected chi connectivity index (χ3v) is 5.70. The summed E-state index contributed by atoms with van der Waals surface area (Å²) < 4.78 is 0. The van der Waals surface area contributed by atoms with Crippen molar-refractivity contribution < 1.29 is 9.59 Å². The van der Waals surface area contributed by atoms with Crippen LogP contribution in [0.4, 0.5) is 5.69 Å². The van der Waals surface area contributed by atoms with Crippen LogP contribution in [0.15, 0.2) is 30.3 Å². The number of hydrogen-bond donors (Lipinski definition) is 2. The molecule has 2 N–H and O–H groups in total. The number of amides is 2. The highest BCUT2D eigenvalue weighted by atomic mass is 32.2. The van der Waals surface area contributed by atoms with E-state index in [1.165, 1.54) is 0 Å². The average Bonchev–Trinajstić information content (AvgIpc) is 2.64. The highest BCUT2D eigenvalue weighted by molar-refractivity contribution is 7.99. The van der Waals surface area contributed by atoms with Gasteiger partial charge < -0.3 is 15.5 Å². The summed E-state index contributed by atoms with van der Waals surface area (Å²) in [5, 5.41) is 6.32. The van der Waals surface area contributed by atoms with Crippen LogP contribution in [0.5, 0.6) is 0 Å². The van der Waals surface area contributed by atoms with E-state index in [9.17, 15) is 9.59 Å². The fourth-order valence-corrected chi connectivity index (χ4v) is 4.12. The largest absolute Gasteiger partial charge is 0.340 e. The second-order valence-electron chi connectivity index (χ2n) is 6.50. The second-order valence-corrected chi connectivity index (χ2v) is 7.65. The summed E-state index contributed by atoms with van der Waals surface area (Å²) in [6, 6.07) is 9.80. The van der Waals surface area contributed by atoms with Crippen molar-refractivity contribution in [2.45, 2.75) is 12.5 Å². The zero-order valence-corrected chi connectivity index (χ0v) is 15.3. The highest BCUT2D eigenvalue weighted by Crippen LogP contribution is 2.13. The molecule has 2 aliphatic rings. The Labute approximate surface area is 153 Å². The molecule has 1 unspecified atom stereocenters. The van der Waals surface area contributed by atoms with E-state index in [0.717, 1.165) is 36.8 Å². The molecule has 0 spiro atoms. The molecule has 3 rings (SSSR count). The van der Waals surface area contributed by atoms with Crippen LogP contribution in [-0.4, -0.2) is 78.4 Å². The first kappa shape index (κ1) is 18.2. The summed E-state index contributed by atoms with van der Waals surface area (Å²) in [6.07, 6.45) is 0.585. The van der Waals surface area contributed by atoms with Gasteiger partial charge >= 0.3 is 0 Å². The lowest BCUT2D eigenvalue weighted by atomic mass is 10.2. The van der Waals surface area contributed by atoms with Crippen LogP contribution in [0.3, 0.4) is 0 Å². The topological polar surface area (TPSA) is 64.7 Å². The van der Waals surface area contributed by atoms with Crippen LogP contribution < -0.4 is 10.6 Å². The summed E-state index contributed by atoms with van der Waals surface area (Å²) in [5.41, 5.74) is 0.819. The molecule has 7 heteroatoms. The van der Waals surface area contributed by atoms with Gasteiger partial charge in [-0.25, -0.2) is 0 Å². The number of nitrogens with zero attached hydrogens (tertiary/aromatic N) is 2. The Morgan fingerprint density at radius 2 is 1.92 bits per heavy atom. The minimum atomic E-state index is -0.00518. The van der Waals surface area contributed by atoms with Crippen molar-refractivity contribution in [3.63, 3.8) is 0 Å². The predicted molar refractivity (Wildman–Crippen MR) is 102 cm³/mol. The van der Waals surface area contributed by atoms with Crippen LogP contribution in [-0.2, 0) is 9.59 Å². The first-order chi connectivity index (χ1) is 12.2. The Morgan fingerprint density at radius 1 is 1.16 bits per heavy atom. The van der Waals surface area contributed by atoms with E-state index in [1.54, 1.807) is 0 Å². The molecule has 6 nitrogen and oxygen atoms in total. The van der Waals surface area contributed by atoms with Gasteiger partial charge in [-0.3, -0.25) is 14.5 Å². The van der Waals surface area contributed by atoms with Crippen molar-refractivity contribution >= 4 is 29.3 Å². The number of hydrogen-bond acceptors (Lipinski definition) is 5. The minimum Gasteiger partial charge on any atom is -0.340 e. The molecule has 136 valence electrons. The third-order valence-electron chi connectivity index (χ3n) is 4.57. The van der Waals surface area contributed by atoms with E-state index in [0.29, 0.717) is 32.1 Å². The van der Waals surface area contributed by atoms with Gasteiger partial charge in [0.25, 0.3) is 0 Å². The van der Waals surface area contributed by atoms with Gasteiger partial charge in [0, 0.05) is 62.4 Å². The van der Waals surface area contributed by atoms with Gasteiger partial charge in [-0.1, -0.05) is 18.2 Å². The monoisotopic (exact) mass is 362 g/mol. The maximum Gasteiger partial charge on any atom is 0.238 e. The van der Waals surface area contributed by atoms with E-state index in [2.05, 4.69) is 15.5 Å². The first-order valence-corrected chi connectivity index (χ1v) is 10.0. The smallest absolute Gasteiger partial charge is 0.238 e. The van der Waals surface area contributed by atoms with Crippen molar-refractivity contribution in [1.82, 2.24) is 15.1 Å². The van der Waals surface area contributed by atoms with Gasteiger partial charge in [0.05, 0.1) is 6.54 Å². The lowest BCUT2D eigenvalue weighted by Crippen LogP contribution is -2.52. The third kappa shape index (κ3) is 5.73. The molecule has 0 radical (unpaired) electrons. The molecule has 2 heterocycles. The number of carbonyl (C=O) groups excluding carboxylic acids is 2. The molecule has 1 atom stereocenters.